The maximum Gasteiger partial charge on any atom is 0.291 e. The average Bonchev–Trinajstić information content (AvgIpc) is 3.27. The van der Waals surface area contributed by atoms with E-state index >= 15 is 0 Å². The fraction of sp³-hybridized carbons (Fsp3) is 0.227. The molecule has 0 N–H and O–H groups in total. The summed E-state index contributed by atoms with van der Waals surface area (Å²) >= 11 is 1.32. The van der Waals surface area contributed by atoms with Crippen LogP contribution in [0.3, 0.4) is 0 Å². The normalized spacial score (nSPS) is 12.1. The number of benzene rings is 2. The quantitative estimate of drug-likeness (QED) is 0.490. The first-order valence-electron chi connectivity index (χ1n) is 9.32. The van der Waals surface area contributed by atoms with E-state index in [2.05, 4.69) is 23.9 Å². The fourth-order valence-electron chi connectivity index (χ4n) is 2.77. The van der Waals surface area contributed by atoms with Crippen LogP contribution in [-0.2, 0) is 0 Å². The SMILES string of the molecule is COc1ccc(/C=c2/sc3nc(-c4ccc(OCC(C)C)cc4)nn3c2=O)cc1. The Morgan fingerprint density at radius 3 is 2.38 bits per heavy atom. The van der Waals surface area contributed by atoms with Gasteiger partial charge in [-0.1, -0.05) is 37.3 Å². The molecular formula is C22H21N3O3S. The van der Waals surface area contributed by atoms with Crippen molar-refractivity contribution in [2.24, 2.45) is 5.92 Å². The van der Waals surface area contributed by atoms with Crippen molar-refractivity contribution in [1.82, 2.24) is 14.6 Å². The Balaban J connectivity index is 1.61. The molecule has 7 heteroatoms. The molecule has 0 amide bonds. The summed E-state index contributed by atoms with van der Waals surface area (Å²) < 4.78 is 12.8. The number of ether oxygens (including phenoxy) is 2. The number of fused-ring (bicyclic) bond motifs is 1. The molecule has 6 nitrogen and oxygen atoms in total. The lowest BCUT2D eigenvalue weighted by Crippen LogP contribution is -2.23. The van der Waals surface area contributed by atoms with Crippen LogP contribution in [0.25, 0.3) is 22.4 Å². The Labute approximate surface area is 172 Å². The van der Waals surface area contributed by atoms with Crippen LogP contribution in [0.4, 0.5) is 0 Å². The van der Waals surface area contributed by atoms with E-state index in [1.165, 1.54) is 15.9 Å². The molecule has 148 valence electrons. The van der Waals surface area contributed by atoms with Crippen molar-refractivity contribution in [2.75, 3.05) is 13.7 Å². The van der Waals surface area contributed by atoms with Crippen LogP contribution < -0.4 is 19.6 Å². The number of nitrogens with zero attached hydrogens (tertiary/aromatic N) is 3. The Morgan fingerprint density at radius 2 is 1.76 bits per heavy atom. The molecule has 0 aliphatic rings. The van der Waals surface area contributed by atoms with Crippen molar-refractivity contribution in [2.45, 2.75) is 13.8 Å². The molecule has 0 radical (unpaired) electrons. The van der Waals surface area contributed by atoms with Gasteiger partial charge in [0.15, 0.2) is 5.82 Å². The van der Waals surface area contributed by atoms with Gasteiger partial charge in [0.25, 0.3) is 5.56 Å². The van der Waals surface area contributed by atoms with Gasteiger partial charge in [0.2, 0.25) is 4.96 Å². The molecule has 0 unspecified atom stereocenters. The van der Waals surface area contributed by atoms with Gasteiger partial charge < -0.3 is 9.47 Å². The third-order valence-electron chi connectivity index (χ3n) is 4.29. The highest BCUT2D eigenvalue weighted by atomic mass is 32.1. The lowest BCUT2D eigenvalue weighted by molar-refractivity contribution is 0.271. The minimum absolute atomic E-state index is 0.170. The van der Waals surface area contributed by atoms with Gasteiger partial charge in [-0.15, -0.1) is 5.10 Å². The van der Waals surface area contributed by atoms with Crippen LogP contribution in [0.5, 0.6) is 11.5 Å². The summed E-state index contributed by atoms with van der Waals surface area (Å²) in [6, 6.07) is 15.1. The fourth-order valence-corrected chi connectivity index (χ4v) is 3.68. The first kappa shape index (κ1) is 19.1. The molecule has 2 aromatic carbocycles. The predicted molar refractivity (Wildman–Crippen MR) is 115 cm³/mol. The third-order valence-corrected chi connectivity index (χ3v) is 5.25. The van der Waals surface area contributed by atoms with Crippen molar-refractivity contribution in [1.29, 1.82) is 0 Å². The molecule has 2 aromatic heterocycles. The number of thiazole rings is 1. The second kappa shape index (κ2) is 8.05. The standard InChI is InChI=1S/C22H21N3O3S/c1-14(2)13-28-18-10-6-16(7-11-18)20-23-22-25(24-20)21(26)19(29-22)12-15-4-8-17(27-3)9-5-15/h4-12,14H,13H2,1-3H3/b19-12+. The predicted octanol–water partition coefficient (Wildman–Crippen LogP) is 3.41. The van der Waals surface area contributed by atoms with Gasteiger partial charge in [0.05, 0.1) is 18.2 Å². The lowest BCUT2D eigenvalue weighted by atomic mass is 10.2. The summed E-state index contributed by atoms with van der Waals surface area (Å²) in [6.45, 7) is 4.89. The Bertz CT molecular complexity index is 1230. The molecule has 0 fully saturated rings. The molecule has 0 aliphatic heterocycles. The maximum absolute atomic E-state index is 12.7. The highest BCUT2D eigenvalue weighted by molar-refractivity contribution is 7.15. The summed E-state index contributed by atoms with van der Waals surface area (Å²) in [6.07, 6.45) is 1.84. The van der Waals surface area contributed by atoms with Gasteiger partial charge in [-0.25, -0.2) is 0 Å². The number of methoxy groups -OCH3 is 1. The van der Waals surface area contributed by atoms with Crippen LogP contribution in [0.15, 0.2) is 53.3 Å². The van der Waals surface area contributed by atoms with Gasteiger partial charge in [-0.2, -0.15) is 9.50 Å². The van der Waals surface area contributed by atoms with Crippen molar-refractivity contribution in [3.05, 3.63) is 69.0 Å². The molecule has 0 aliphatic carbocycles. The van der Waals surface area contributed by atoms with E-state index in [1.807, 2.05) is 54.6 Å². The van der Waals surface area contributed by atoms with Crippen LogP contribution in [0, 0.1) is 5.92 Å². The van der Waals surface area contributed by atoms with E-state index in [0.717, 1.165) is 22.6 Å². The van der Waals surface area contributed by atoms with Crippen molar-refractivity contribution < 1.29 is 9.47 Å². The maximum atomic E-state index is 12.7. The Kier molecular flexibility index (Phi) is 5.31. The molecule has 2 heterocycles. The monoisotopic (exact) mass is 407 g/mol. The summed E-state index contributed by atoms with van der Waals surface area (Å²) in [5, 5.41) is 4.40. The van der Waals surface area contributed by atoms with Gasteiger partial charge >= 0.3 is 0 Å². The molecule has 0 saturated carbocycles. The van der Waals surface area contributed by atoms with Crippen LogP contribution in [0.1, 0.15) is 19.4 Å². The third kappa shape index (κ3) is 4.14. The molecule has 29 heavy (non-hydrogen) atoms. The van der Waals surface area contributed by atoms with E-state index < -0.39 is 0 Å². The van der Waals surface area contributed by atoms with E-state index in [9.17, 15) is 4.79 Å². The molecule has 0 saturated heterocycles. The zero-order chi connectivity index (χ0) is 20.4. The average molecular weight is 407 g/mol. The first-order chi connectivity index (χ1) is 14.0. The van der Waals surface area contributed by atoms with Gasteiger partial charge in [0.1, 0.15) is 11.5 Å². The highest BCUT2D eigenvalue weighted by Gasteiger charge is 2.12. The smallest absolute Gasteiger partial charge is 0.291 e. The first-order valence-corrected chi connectivity index (χ1v) is 10.1. The zero-order valence-corrected chi connectivity index (χ0v) is 17.3. The van der Waals surface area contributed by atoms with Gasteiger partial charge in [-0.3, -0.25) is 4.79 Å². The summed E-state index contributed by atoms with van der Waals surface area (Å²) in [5.74, 6) is 2.58. The summed E-state index contributed by atoms with van der Waals surface area (Å²) in [5.41, 5.74) is 1.60. The van der Waals surface area contributed by atoms with Crippen LogP contribution >= 0.6 is 11.3 Å². The van der Waals surface area contributed by atoms with Crippen molar-refractivity contribution in [3.8, 4) is 22.9 Å². The number of aromatic nitrogens is 3. The second-order valence-electron chi connectivity index (χ2n) is 7.05. The van der Waals surface area contributed by atoms with Gasteiger partial charge in [0, 0.05) is 5.56 Å². The van der Waals surface area contributed by atoms with E-state index in [1.54, 1.807) is 7.11 Å². The number of rotatable bonds is 6. The lowest BCUT2D eigenvalue weighted by Gasteiger charge is -2.08. The number of hydrogen-bond acceptors (Lipinski definition) is 6. The molecular weight excluding hydrogens is 386 g/mol. The summed E-state index contributed by atoms with van der Waals surface area (Å²) in [4.78, 5) is 17.8. The van der Waals surface area contributed by atoms with Gasteiger partial charge in [-0.05, 0) is 54.0 Å². The molecule has 0 bridgehead atoms. The molecule has 0 atom stereocenters. The van der Waals surface area contributed by atoms with E-state index in [0.29, 0.717) is 27.8 Å². The Morgan fingerprint density at radius 1 is 1.07 bits per heavy atom. The zero-order valence-electron chi connectivity index (χ0n) is 16.5. The minimum Gasteiger partial charge on any atom is -0.497 e. The largest absolute Gasteiger partial charge is 0.497 e. The molecule has 4 rings (SSSR count). The van der Waals surface area contributed by atoms with Crippen molar-refractivity contribution >= 4 is 22.4 Å². The van der Waals surface area contributed by atoms with Crippen molar-refractivity contribution in [3.63, 3.8) is 0 Å². The summed E-state index contributed by atoms with van der Waals surface area (Å²) in [7, 11) is 1.62. The topological polar surface area (TPSA) is 65.7 Å². The van der Waals surface area contributed by atoms with Crippen LogP contribution in [-0.4, -0.2) is 28.3 Å². The van der Waals surface area contributed by atoms with E-state index in [-0.39, 0.29) is 5.56 Å². The highest BCUT2D eigenvalue weighted by Crippen LogP contribution is 2.21. The van der Waals surface area contributed by atoms with Crippen LogP contribution in [0.2, 0.25) is 0 Å². The minimum atomic E-state index is -0.170. The van der Waals surface area contributed by atoms with E-state index in [4.69, 9.17) is 9.47 Å². The number of hydrogen-bond donors (Lipinski definition) is 0. The Hall–Kier alpha value is -3.19. The molecule has 4 aromatic rings. The second-order valence-corrected chi connectivity index (χ2v) is 8.06. The molecule has 0 spiro atoms.